The fourth-order valence-electron chi connectivity index (χ4n) is 1.01. The fourth-order valence-corrected chi connectivity index (χ4v) is 2.09. The van der Waals surface area contributed by atoms with Gasteiger partial charge in [0.25, 0.3) is 0 Å². The summed E-state index contributed by atoms with van der Waals surface area (Å²) in [7, 11) is -2.92. The van der Waals surface area contributed by atoms with E-state index in [2.05, 4.69) is 0 Å². The molecule has 0 fully saturated rings. The highest BCUT2D eigenvalue weighted by Gasteiger charge is 2.14. The number of primary amides is 1. The number of carbonyl (C=O) groups excluding carboxylic acids is 1. The number of carbonyl (C=O) groups is 1. The van der Waals surface area contributed by atoms with E-state index < -0.39 is 9.84 Å². The first-order valence-electron chi connectivity index (χ1n) is 4.86. The van der Waals surface area contributed by atoms with E-state index in [1.165, 1.54) is 0 Å². The van der Waals surface area contributed by atoms with E-state index in [0.29, 0.717) is 19.3 Å². The van der Waals surface area contributed by atoms with Crippen molar-refractivity contribution in [1.29, 1.82) is 0 Å². The van der Waals surface area contributed by atoms with E-state index in [4.69, 9.17) is 5.73 Å². The average molecular weight is 221 g/mol. The topological polar surface area (TPSA) is 77.2 Å². The van der Waals surface area contributed by atoms with Crippen molar-refractivity contribution >= 4 is 15.7 Å². The maximum absolute atomic E-state index is 11.3. The van der Waals surface area contributed by atoms with E-state index in [9.17, 15) is 13.2 Å². The van der Waals surface area contributed by atoms with E-state index in [0.717, 1.165) is 6.42 Å². The van der Waals surface area contributed by atoms with Crippen molar-refractivity contribution in [3.8, 4) is 0 Å². The molecule has 0 rings (SSSR count). The molecule has 0 radical (unpaired) electrons. The Morgan fingerprint density at radius 1 is 1.21 bits per heavy atom. The second kappa shape index (κ2) is 6.01. The fraction of sp³-hybridized carbons (Fsp3) is 0.889. The summed E-state index contributed by atoms with van der Waals surface area (Å²) in [6.45, 7) is 3.36. The highest BCUT2D eigenvalue weighted by atomic mass is 32.2. The van der Waals surface area contributed by atoms with Crippen LogP contribution in [0.2, 0.25) is 0 Å². The molecular formula is C9H19NO3S. The van der Waals surface area contributed by atoms with Crippen molar-refractivity contribution in [2.24, 2.45) is 5.73 Å². The van der Waals surface area contributed by atoms with Gasteiger partial charge in [0.1, 0.15) is 0 Å². The van der Waals surface area contributed by atoms with Gasteiger partial charge in [-0.05, 0) is 26.7 Å². The number of amides is 1. The number of nitrogens with two attached hydrogens (primary N) is 1. The second-order valence-electron chi connectivity index (χ2n) is 3.69. The first-order valence-corrected chi connectivity index (χ1v) is 6.57. The molecule has 14 heavy (non-hydrogen) atoms. The monoisotopic (exact) mass is 221 g/mol. The Morgan fingerprint density at radius 2 is 1.79 bits per heavy atom. The number of sulfone groups is 1. The van der Waals surface area contributed by atoms with Crippen LogP contribution in [0.3, 0.4) is 0 Å². The zero-order chi connectivity index (χ0) is 11.2. The van der Waals surface area contributed by atoms with E-state index in [1.807, 2.05) is 0 Å². The minimum atomic E-state index is -2.92. The molecule has 1 amide bonds. The van der Waals surface area contributed by atoms with Gasteiger partial charge in [-0.2, -0.15) is 0 Å². The maximum atomic E-state index is 11.3. The maximum Gasteiger partial charge on any atom is 0.217 e. The molecule has 0 aromatic heterocycles. The zero-order valence-corrected chi connectivity index (χ0v) is 9.64. The Morgan fingerprint density at radius 3 is 2.21 bits per heavy atom. The van der Waals surface area contributed by atoms with Gasteiger partial charge in [-0.3, -0.25) is 4.79 Å². The van der Waals surface area contributed by atoms with Crippen molar-refractivity contribution < 1.29 is 13.2 Å². The number of rotatable bonds is 7. The minimum absolute atomic E-state index is 0.212. The van der Waals surface area contributed by atoms with Crippen molar-refractivity contribution in [2.75, 3.05) is 5.75 Å². The Kier molecular flexibility index (Phi) is 5.76. The first kappa shape index (κ1) is 13.4. The zero-order valence-electron chi connectivity index (χ0n) is 8.82. The van der Waals surface area contributed by atoms with Gasteiger partial charge in [-0.25, -0.2) is 8.42 Å². The molecule has 0 saturated carbocycles. The van der Waals surface area contributed by atoms with Gasteiger partial charge < -0.3 is 5.73 Å². The number of hydrogen-bond donors (Lipinski definition) is 1. The second-order valence-corrected chi connectivity index (χ2v) is 6.37. The smallest absolute Gasteiger partial charge is 0.217 e. The van der Waals surface area contributed by atoms with Gasteiger partial charge in [0.2, 0.25) is 5.91 Å². The van der Waals surface area contributed by atoms with Crippen molar-refractivity contribution in [3.05, 3.63) is 0 Å². The third kappa shape index (κ3) is 5.96. The van der Waals surface area contributed by atoms with Crippen molar-refractivity contribution in [3.63, 3.8) is 0 Å². The Balaban J connectivity index is 3.60. The van der Waals surface area contributed by atoms with Gasteiger partial charge in [-0.15, -0.1) is 0 Å². The van der Waals surface area contributed by atoms with Crippen LogP contribution in [0.1, 0.15) is 39.5 Å². The summed E-state index contributed by atoms with van der Waals surface area (Å²) in [6.07, 6.45) is 2.40. The predicted molar refractivity (Wildman–Crippen MR) is 56.6 cm³/mol. The summed E-state index contributed by atoms with van der Waals surface area (Å²) < 4.78 is 22.7. The summed E-state index contributed by atoms with van der Waals surface area (Å²) in [5, 5.41) is -0.307. The Bertz CT molecular complexity index is 270. The van der Waals surface area contributed by atoms with Gasteiger partial charge >= 0.3 is 0 Å². The third-order valence-electron chi connectivity index (χ3n) is 2.07. The first-order chi connectivity index (χ1) is 6.36. The molecule has 0 aromatic rings. The van der Waals surface area contributed by atoms with Crippen molar-refractivity contribution in [1.82, 2.24) is 0 Å². The molecule has 2 N–H and O–H groups in total. The molecule has 84 valence electrons. The van der Waals surface area contributed by atoms with Gasteiger partial charge in [0, 0.05) is 6.42 Å². The Hall–Kier alpha value is -0.580. The van der Waals surface area contributed by atoms with E-state index in [1.54, 1.807) is 13.8 Å². The van der Waals surface area contributed by atoms with Crippen LogP contribution in [0.5, 0.6) is 0 Å². The van der Waals surface area contributed by atoms with E-state index in [-0.39, 0.29) is 16.9 Å². The van der Waals surface area contributed by atoms with Crippen LogP contribution in [0.4, 0.5) is 0 Å². The Labute approximate surface area is 85.8 Å². The lowest BCUT2D eigenvalue weighted by Gasteiger charge is -2.06. The molecule has 0 atom stereocenters. The standard InChI is InChI=1S/C9H19NO3S/c1-8(2)14(12,13)7-5-3-4-6-9(10)11/h8H,3-7H2,1-2H3,(H2,10,11). The molecule has 0 bridgehead atoms. The normalized spacial score (nSPS) is 11.9. The molecule has 0 aromatic carbocycles. The molecule has 0 spiro atoms. The highest BCUT2D eigenvalue weighted by molar-refractivity contribution is 7.91. The third-order valence-corrected chi connectivity index (χ3v) is 4.36. The SMILES string of the molecule is CC(C)S(=O)(=O)CCCCCC(N)=O. The summed E-state index contributed by atoms with van der Waals surface area (Å²) in [5.74, 6) is -0.111. The molecule has 0 unspecified atom stereocenters. The van der Waals surface area contributed by atoms with Crippen LogP contribution in [-0.4, -0.2) is 25.3 Å². The van der Waals surface area contributed by atoms with Gasteiger partial charge in [0.05, 0.1) is 11.0 Å². The average Bonchev–Trinajstić information content (AvgIpc) is 2.02. The lowest BCUT2D eigenvalue weighted by Crippen LogP contribution is -2.17. The molecular weight excluding hydrogens is 202 g/mol. The van der Waals surface area contributed by atoms with Gasteiger partial charge in [-0.1, -0.05) is 6.42 Å². The molecule has 0 aliphatic heterocycles. The molecule has 0 saturated heterocycles. The molecule has 5 heteroatoms. The van der Waals surface area contributed by atoms with Crippen LogP contribution in [-0.2, 0) is 14.6 Å². The number of unbranched alkanes of at least 4 members (excludes halogenated alkanes) is 2. The highest BCUT2D eigenvalue weighted by Crippen LogP contribution is 2.06. The summed E-state index contributed by atoms with van der Waals surface area (Å²) in [6, 6.07) is 0. The van der Waals surface area contributed by atoms with Crippen LogP contribution >= 0.6 is 0 Å². The van der Waals surface area contributed by atoms with Crippen LogP contribution < -0.4 is 5.73 Å². The molecule has 0 aliphatic rings. The lowest BCUT2D eigenvalue weighted by molar-refractivity contribution is -0.118. The summed E-state index contributed by atoms with van der Waals surface area (Å²) in [5.41, 5.74) is 4.95. The number of hydrogen-bond acceptors (Lipinski definition) is 3. The minimum Gasteiger partial charge on any atom is -0.370 e. The molecule has 4 nitrogen and oxygen atoms in total. The largest absolute Gasteiger partial charge is 0.370 e. The quantitative estimate of drug-likeness (QED) is 0.647. The predicted octanol–water partition coefficient (Wildman–Crippen LogP) is 0.855. The lowest BCUT2D eigenvalue weighted by atomic mass is 10.2. The van der Waals surface area contributed by atoms with Crippen molar-refractivity contribution in [2.45, 2.75) is 44.8 Å². The summed E-state index contributed by atoms with van der Waals surface area (Å²) in [4.78, 5) is 10.4. The van der Waals surface area contributed by atoms with Crippen LogP contribution in [0, 0.1) is 0 Å². The molecule has 0 aliphatic carbocycles. The molecule has 0 heterocycles. The van der Waals surface area contributed by atoms with Crippen LogP contribution in [0.15, 0.2) is 0 Å². The van der Waals surface area contributed by atoms with Gasteiger partial charge in [0.15, 0.2) is 9.84 Å². The van der Waals surface area contributed by atoms with Crippen LogP contribution in [0.25, 0.3) is 0 Å². The van der Waals surface area contributed by atoms with E-state index >= 15 is 0 Å². The summed E-state index contributed by atoms with van der Waals surface area (Å²) >= 11 is 0.